The van der Waals surface area contributed by atoms with Crippen LogP contribution < -0.4 is 11.5 Å². The predicted molar refractivity (Wildman–Crippen MR) is 64.1 cm³/mol. The molecule has 0 radical (unpaired) electrons. The highest BCUT2D eigenvalue weighted by Gasteiger charge is 2.24. The number of rotatable bonds is 2. The molecule has 2 heteroatoms. The average molecular weight is 206 g/mol. The Hall–Kier alpha value is -0.760. The van der Waals surface area contributed by atoms with Crippen LogP contribution in [-0.2, 0) is 0 Å². The molecule has 0 saturated heterocycles. The summed E-state index contributed by atoms with van der Waals surface area (Å²) in [6, 6.07) is 0.440. The van der Waals surface area contributed by atoms with E-state index in [1.807, 2.05) is 6.08 Å². The molecule has 15 heavy (non-hydrogen) atoms. The Morgan fingerprint density at radius 3 is 2.73 bits per heavy atom. The summed E-state index contributed by atoms with van der Waals surface area (Å²) in [6.07, 6.45) is 14.0. The maximum atomic E-state index is 6.16. The van der Waals surface area contributed by atoms with Crippen LogP contribution in [0.25, 0.3) is 0 Å². The maximum absolute atomic E-state index is 6.16. The number of allylic oxidation sites excluding steroid dienone is 3. The largest absolute Gasteiger partial charge is 0.399 e. The first-order chi connectivity index (χ1) is 7.25. The minimum Gasteiger partial charge on any atom is -0.399 e. The first-order valence-corrected chi connectivity index (χ1v) is 6.15. The van der Waals surface area contributed by atoms with Gasteiger partial charge in [-0.1, -0.05) is 25.0 Å². The van der Waals surface area contributed by atoms with Crippen LogP contribution in [0.5, 0.6) is 0 Å². The lowest BCUT2D eigenvalue weighted by Gasteiger charge is -2.31. The van der Waals surface area contributed by atoms with Gasteiger partial charge in [0.2, 0.25) is 0 Å². The van der Waals surface area contributed by atoms with Gasteiger partial charge < -0.3 is 11.5 Å². The van der Waals surface area contributed by atoms with Crippen LogP contribution in [0.15, 0.2) is 23.9 Å². The summed E-state index contributed by atoms with van der Waals surface area (Å²) in [7, 11) is 0. The highest BCUT2D eigenvalue weighted by atomic mass is 14.7. The molecular formula is C13H22N2. The minimum atomic E-state index is 0.440. The van der Waals surface area contributed by atoms with Crippen LogP contribution in [0.1, 0.15) is 38.5 Å². The van der Waals surface area contributed by atoms with Crippen molar-refractivity contribution in [3.63, 3.8) is 0 Å². The van der Waals surface area contributed by atoms with Crippen molar-refractivity contribution in [2.75, 3.05) is 0 Å². The van der Waals surface area contributed by atoms with E-state index in [0.29, 0.717) is 12.0 Å². The van der Waals surface area contributed by atoms with E-state index in [-0.39, 0.29) is 0 Å². The second-order valence-corrected chi connectivity index (χ2v) is 5.00. The zero-order valence-corrected chi connectivity index (χ0v) is 9.36. The Bertz CT molecular complexity index is 268. The van der Waals surface area contributed by atoms with Gasteiger partial charge in [-0.2, -0.15) is 0 Å². The Morgan fingerprint density at radius 2 is 2.07 bits per heavy atom. The van der Waals surface area contributed by atoms with Gasteiger partial charge in [0.25, 0.3) is 0 Å². The molecule has 0 heterocycles. The standard InChI is InChI=1S/C13H22N2/c14-12-7-5-10(6-8-12)9-11-3-1-2-4-13(11)15/h5,7-8,10-11,13H,1-4,6,9,14-15H2. The van der Waals surface area contributed by atoms with E-state index < -0.39 is 0 Å². The molecule has 0 amide bonds. The number of nitrogens with two attached hydrogens (primary N) is 2. The van der Waals surface area contributed by atoms with Crippen LogP contribution in [0.3, 0.4) is 0 Å². The number of hydrogen-bond donors (Lipinski definition) is 2. The van der Waals surface area contributed by atoms with Crippen molar-refractivity contribution >= 4 is 0 Å². The Labute approximate surface area is 92.4 Å². The van der Waals surface area contributed by atoms with E-state index in [1.165, 1.54) is 32.1 Å². The molecular weight excluding hydrogens is 184 g/mol. The van der Waals surface area contributed by atoms with Crippen molar-refractivity contribution in [3.8, 4) is 0 Å². The summed E-state index contributed by atoms with van der Waals surface area (Å²) in [5.41, 5.74) is 12.8. The average Bonchev–Trinajstić information content (AvgIpc) is 2.25. The van der Waals surface area contributed by atoms with Gasteiger partial charge in [-0.15, -0.1) is 0 Å². The van der Waals surface area contributed by atoms with E-state index >= 15 is 0 Å². The van der Waals surface area contributed by atoms with Gasteiger partial charge in [0.15, 0.2) is 0 Å². The Kier molecular flexibility index (Phi) is 3.47. The molecule has 2 aliphatic carbocycles. The lowest BCUT2D eigenvalue weighted by molar-refractivity contribution is 0.268. The van der Waals surface area contributed by atoms with Gasteiger partial charge in [-0.05, 0) is 43.6 Å². The molecule has 0 bridgehead atoms. The highest BCUT2D eigenvalue weighted by Crippen LogP contribution is 2.31. The fraction of sp³-hybridized carbons (Fsp3) is 0.692. The van der Waals surface area contributed by atoms with Crippen molar-refractivity contribution in [1.82, 2.24) is 0 Å². The maximum Gasteiger partial charge on any atom is 0.0270 e. The Balaban J connectivity index is 1.84. The third kappa shape index (κ3) is 2.85. The summed E-state index contributed by atoms with van der Waals surface area (Å²) in [6.45, 7) is 0. The molecule has 1 fully saturated rings. The van der Waals surface area contributed by atoms with Crippen molar-refractivity contribution in [2.45, 2.75) is 44.6 Å². The zero-order valence-electron chi connectivity index (χ0n) is 9.36. The molecule has 0 aromatic heterocycles. The van der Waals surface area contributed by atoms with Crippen LogP contribution >= 0.6 is 0 Å². The third-order valence-electron chi connectivity index (χ3n) is 3.79. The molecule has 2 rings (SSSR count). The van der Waals surface area contributed by atoms with Crippen molar-refractivity contribution in [1.29, 1.82) is 0 Å². The molecule has 4 N–H and O–H groups in total. The molecule has 1 saturated carbocycles. The van der Waals surface area contributed by atoms with Crippen LogP contribution in [0.4, 0.5) is 0 Å². The van der Waals surface area contributed by atoms with Gasteiger partial charge in [-0.25, -0.2) is 0 Å². The van der Waals surface area contributed by atoms with Crippen molar-refractivity contribution < 1.29 is 0 Å². The van der Waals surface area contributed by atoms with E-state index in [2.05, 4.69) is 12.2 Å². The van der Waals surface area contributed by atoms with Crippen LogP contribution in [-0.4, -0.2) is 6.04 Å². The van der Waals surface area contributed by atoms with Crippen molar-refractivity contribution in [2.24, 2.45) is 23.3 Å². The van der Waals surface area contributed by atoms with Gasteiger partial charge >= 0.3 is 0 Å². The van der Waals surface area contributed by atoms with Crippen LogP contribution in [0.2, 0.25) is 0 Å². The first-order valence-electron chi connectivity index (χ1n) is 6.15. The molecule has 3 atom stereocenters. The summed E-state index contributed by atoms with van der Waals surface area (Å²) >= 11 is 0. The van der Waals surface area contributed by atoms with Gasteiger partial charge in [0.1, 0.15) is 0 Å². The van der Waals surface area contributed by atoms with E-state index in [4.69, 9.17) is 11.5 Å². The summed E-state index contributed by atoms with van der Waals surface area (Å²) in [4.78, 5) is 0. The highest BCUT2D eigenvalue weighted by molar-refractivity contribution is 5.20. The van der Waals surface area contributed by atoms with Crippen LogP contribution in [0, 0.1) is 11.8 Å². The summed E-state index contributed by atoms with van der Waals surface area (Å²) < 4.78 is 0. The topological polar surface area (TPSA) is 52.0 Å². The quantitative estimate of drug-likeness (QED) is 0.728. The first kappa shape index (κ1) is 10.7. The second kappa shape index (κ2) is 4.84. The molecule has 0 aliphatic heterocycles. The van der Waals surface area contributed by atoms with Crippen molar-refractivity contribution in [3.05, 3.63) is 23.9 Å². The second-order valence-electron chi connectivity index (χ2n) is 5.00. The minimum absolute atomic E-state index is 0.440. The lowest BCUT2D eigenvalue weighted by atomic mass is 9.78. The SMILES string of the molecule is NC1=CCC(CC2CCCCC2N)C=C1. The smallest absolute Gasteiger partial charge is 0.0270 e. The normalized spacial score (nSPS) is 36.3. The molecule has 0 spiro atoms. The third-order valence-corrected chi connectivity index (χ3v) is 3.79. The number of hydrogen-bond acceptors (Lipinski definition) is 2. The lowest BCUT2D eigenvalue weighted by Crippen LogP contribution is -2.34. The molecule has 84 valence electrons. The zero-order chi connectivity index (χ0) is 10.7. The molecule has 2 aliphatic rings. The molecule has 0 aromatic rings. The fourth-order valence-corrected chi connectivity index (χ4v) is 2.77. The predicted octanol–water partition coefficient (Wildman–Crippen LogP) is 2.31. The Morgan fingerprint density at radius 1 is 1.27 bits per heavy atom. The summed E-state index contributed by atoms with van der Waals surface area (Å²) in [5, 5.41) is 0. The van der Waals surface area contributed by atoms with Gasteiger partial charge in [0, 0.05) is 11.7 Å². The summed E-state index contributed by atoms with van der Waals surface area (Å²) in [5.74, 6) is 1.41. The van der Waals surface area contributed by atoms with Gasteiger partial charge in [0.05, 0.1) is 0 Å². The monoisotopic (exact) mass is 206 g/mol. The van der Waals surface area contributed by atoms with E-state index in [1.54, 1.807) is 0 Å². The van der Waals surface area contributed by atoms with Gasteiger partial charge in [-0.3, -0.25) is 0 Å². The van der Waals surface area contributed by atoms with E-state index in [9.17, 15) is 0 Å². The molecule has 3 unspecified atom stereocenters. The molecule has 0 aromatic carbocycles. The fourth-order valence-electron chi connectivity index (χ4n) is 2.77. The van der Waals surface area contributed by atoms with E-state index in [0.717, 1.165) is 18.0 Å². The molecule has 2 nitrogen and oxygen atoms in total.